The second-order valence-corrected chi connectivity index (χ2v) is 6.17. The molecule has 120 valence electrons. The highest BCUT2D eigenvalue weighted by molar-refractivity contribution is 7.51. The summed E-state index contributed by atoms with van der Waals surface area (Å²) in [5.74, 6) is 0. The van der Waals surface area contributed by atoms with Gasteiger partial charge in [0.1, 0.15) is 12.0 Å². The number of rotatable bonds is 6. The molecule has 22 heavy (non-hydrogen) atoms. The summed E-state index contributed by atoms with van der Waals surface area (Å²) in [6.45, 7) is 1.44. The van der Waals surface area contributed by atoms with Gasteiger partial charge in [-0.05, 0) is 6.92 Å². The van der Waals surface area contributed by atoms with Crippen LogP contribution in [0.1, 0.15) is 17.0 Å². The van der Waals surface area contributed by atoms with Crippen LogP contribution in [0.3, 0.4) is 0 Å². The Labute approximate surface area is 123 Å². The van der Waals surface area contributed by atoms with Crippen molar-refractivity contribution in [3.05, 3.63) is 44.0 Å². The van der Waals surface area contributed by atoms with Gasteiger partial charge in [0.05, 0.1) is 18.8 Å². The molecular formula is C10H14N5O6P. The lowest BCUT2D eigenvalue weighted by Crippen LogP contribution is -2.31. The molecule has 0 spiro atoms. The van der Waals surface area contributed by atoms with E-state index in [2.05, 4.69) is 20.4 Å². The third-order valence-corrected chi connectivity index (χ3v) is 3.24. The first-order chi connectivity index (χ1) is 10.3. The van der Waals surface area contributed by atoms with Gasteiger partial charge in [-0.25, -0.2) is 4.79 Å². The Balaban J connectivity index is 2.13. The molecule has 4 N–H and O–H groups in total. The Morgan fingerprint density at radius 3 is 2.82 bits per heavy atom. The number of aromatic amines is 2. The SMILES string of the molecule is Cc1cn(Cc2[nH]nnc2COCP(=O)(O)O)c(=O)[nH]c1=O. The number of H-pyrrole nitrogens is 2. The zero-order valence-corrected chi connectivity index (χ0v) is 12.4. The van der Waals surface area contributed by atoms with E-state index < -0.39 is 25.2 Å². The number of hydrogen-bond acceptors (Lipinski definition) is 6. The zero-order valence-electron chi connectivity index (χ0n) is 11.5. The highest BCUT2D eigenvalue weighted by Crippen LogP contribution is 2.34. The molecular weight excluding hydrogens is 317 g/mol. The topological polar surface area (TPSA) is 163 Å². The Morgan fingerprint density at radius 2 is 2.14 bits per heavy atom. The van der Waals surface area contributed by atoms with E-state index in [-0.39, 0.29) is 13.2 Å². The summed E-state index contributed by atoms with van der Waals surface area (Å²) >= 11 is 0. The minimum atomic E-state index is -4.26. The molecule has 0 aliphatic heterocycles. The van der Waals surface area contributed by atoms with E-state index in [9.17, 15) is 14.2 Å². The number of ether oxygens (including phenoxy) is 1. The van der Waals surface area contributed by atoms with Gasteiger partial charge in [0.25, 0.3) is 5.56 Å². The normalized spacial score (nSPS) is 11.8. The van der Waals surface area contributed by atoms with E-state index in [0.29, 0.717) is 17.0 Å². The van der Waals surface area contributed by atoms with Crippen LogP contribution in [-0.2, 0) is 22.5 Å². The molecule has 11 nitrogen and oxygen atoms in total. The second kappa shape index (κ2) is 6.36. The maximum Gasteiger partial charge on any atom is 0.350 e. The number of nitrogens with one attached hydrogen (secondary N) is 2. The summed E-state index contributed by atoms with van der Waals surface area (Å²) in [5.41, 5.74) is 0.0521. The Kier molecular flexibility index (Phi) is 4.71. The lowest BCUT2D eigenvalue weighted by atomic mass is 10.3. The quantitative estimate of drug-likeness (QED) is 0.473. The lowest BCUT2D eigenvalue weighted by molar-refractivity contribution is 0.141. The van der Waals surface area contributed by atoms with Crippen molar-refractivity contribution in [2.45, 2.75) is 20.1 Å². The highest BCUT2D eigenvalue weighted by Gasteiger charge is 2.15. The maximum atomic E-state index is 11.7. The minimum absolute atomic E-state index is 0.0536. The predicted molar refractivity (Wildman–Crippen MR) is 73.2 cm³/mol. The molecule has 0 fully saturated rings. The molecule has 0 aliphatic carbocycles. The first kappa shape index (κ1) is 16.3. The molecule has 0 aromatic carbocycles. The molecule has 0 saturated heterocycles. The summed E-state index contributed by atoms with van der Waals surface area (Å²) in [7, 11) is -4.26. The lowest BCUT2D eigenvalue weighted by Gasteiger charge is -2.07. The van der Waals surface area contributed by atoms with Crippen LogP contribution in [0.25, 0.3) is 0 Å². The predicted octanol–water partition coefficient (Wildman–Crippen LogP) is -1.34. The van der Waals surface area contributed by atoms with Crippen LogP contribution in [0.4, 0.5) is 0 Å². The fourth-order valence-corrected chi connectivity index (χ4v) is 2.01. The molecule has 0 saturated carbocycles. The average Bonchev–Trinajstić information content (AvgIpc) is 2.82. The monoisotopic (exact) mass is 331 g/mol. The van der Waals surface area contributed by atoms with E-state index in [0.717, 1.165) is 0 Å². The third kappa shape index (κ3) is 4.21. The summed E-state index contributed by atoms with van der Waals surface area (Å²) in [4.78, 5) is 42.6. The molecule has 2 rings (SSSR count). The van der Waals surface area contributed by atoms with E-state index in [1.54, 1.807) is 6.92 Å². The Hall–Kier alpha value is -2.07. The first-order valence-corrected chi connectivity index (χ1v) is 7.87. The molecule has 0 radical (unpaired) electrons. The molecule has 2 heterocycles. The number of hydrogen-bond donors (Lipinski definition) is 4. The van der Waals surface area contributed by atoms with Crippen LogP contribution in [0, 0.1) is 6.92 Å². The third-order valence-electron chi connectivity index (χ3n) is 2.72. The zero-order chi connectivity index (χ0) is 16.3. The van der Waals surface area contributed by atoms with Gasteiger partial charge >= 0.3 is 13.3 Å². The van der Waals surface area contributed by atoms with Crippen LogP contribution in [0.5, 0.6) is 0 Å². The molecule has 2 aromatic heterocycles. The van der Waals surface area contributed by atoms with Gasteiger partial charge in [0.2, 0.25) is 0 Å². The largest absolute Gasteiger partial charge is 0.362 e. The summed E-state index contributed by atoms with van der Waals surface area (Å²) in [6.07, 6.45) is 0.652. The van der Waals surface area contributed by atoms with Crippen molar-refractivity contribution in [1.82, 2.24) is 25.0 Å². The van der Waals surface area contributed by atoms with Gasteiger partial charge in [-0.3, -0.25) is 24.0 Å². The molecule has 12 heteroatoms. The van der Waals surface area contributed by atoms with Crippen LogP contribution in [0.15, 0.2) is 15.8 Å². The average molecular weight is 331 g/mol. The van der Waals surface area contributed by atoms with Crippen molar-refractivity contribution >= 4 is 7.60 Å². The second-order valence-electron chi connectivity index (χ2n) is 4.58. The summed E-state index contributed by atoms with van der Waals surface area (Å²) in [6, 6.07) is 0. The molecule has 0 unspecified atom stereocenters. The summed E-state index contributed by atoms with van der Waals surface area (Å²) < 4.78 is 16.8. The maximum absolute atomic E-state index is 11.7. The minimum Gasteiger partial charge on any atom is -0.362 e. The van der Waals surface area contributed by atoms with Crippen molar-refractivity contribution in [2.24, 2.45) is 0 Å². The standard InChI is InChI=1S/C10H14N5O6P/c1-6-2-15(10(17)11-9(6)16)3-7-8(13-14-12-7)4-21-5-22(18,19)20/h2H,3-5H2,1H3,(H,11,16,17)(H,12,13,14)(H2,18,19,20). The van der Waals surface area contributed by atoms with E-state index in [4.69, 9.17) is 14.5 Å². The molecule has 0 aliphatic rings. The van der Waals surface area contributed by atoms with E-state index in [1.807, 2.05) is 0 Å². The van der Waals surface area contributed by atoms with Crippen molar-refractivity contribution in [2.75, 3.05) is 6.35 Å². The van der Waals surface area contributed by atoms with E-state index in [1.165, 1.54) is 10.8 Å². The van der Waals surface area contributed by atoms with E-state index >= 15 is 0 Å². The van der Waals surface area contributed by atoms with Gasteiger partial charge < -0.3 is 14.5 Å². The molecule has 2 aromatic rings. The van der Waals surface area contributed by atoms with Crippen LogP contribution < -0.4 is 11.2 Å². The number of aryl methyl sites for hydroxylation is 1. The van der Waals surface area contributed by atoms with Gasteiger partial charge in [-0.1, -0.05) is 5.21 Å². The van der Waals surface area contributed by atoms with Crippen molar-refractivity contribution in [3.63, 3.8) is 0 Å². The van der Waals surface area contributed by atoms with Gasteiger partial charge in [0.15, 0.2) is 0 Å². The molecule has 0 amide bonds. The molecule has 0 atom stereocenters. The summed E-state index contributed by atoms with van der Waals surface area (Å²) in [5, 5.41) is 9.87. The van der Waals surface area contributed by atoms with Crippen molar-refractivity contribution in [1.29, 1.82) is 0 Å². The first-order valence-electron chi connectivity index (χ1n) is 6.08. The number of aromatic nitrogens is 5. The van der Waals surface area contributed by atoms with Crippen LogP contribution in [-0.4, -0.2) is 41.1 Å². The van der Waals surface area contributed by atoms with Crippen molar-refractivity contribution < 1.29 is 19.1 Å². The van der Waals surface area contributed by atoms with Crippen LogP contribution >= 0.6 is 7.60 Å². The fourth-order valence-electron chi connectivity index (χ4n) is 1.68. The number of nitrogens with zero attached hydrogens (tertiary/aromatic N) is 3. The van der Waals surface area contributed by atoms with Gasteiger partial charge in [-0.2, -0.15) is 0 Å². The highest BCUT2D eigenvalue weighted by atomic mass is 31.2. The van der Waals surface area contributed by atoms with Gasteiger partial charge in [0, 0.05) is 11.8 Å². The smallest absolute Gasteiger partial charge is 0.350 e. The van der Waals surface area contributed by atoms with Crippen LogP contribution in [0.2, 0.25) is 0 Å². The molecule has 0 bridgehead atoms. The van der Waals surface area contributed by atoms with Crippen molar-refractivity contribution in [3.8, 4) is 0 Å². The fraction of sp³-hybridized carbons (Fsp3) is 0.400. The van der Waals surface area contributed by atoms with Gasteiger partial charge in [-0.15, -0.1) is 5.10 Å². The Bertz CT molecular complexity index is 818. The Morgan fingerprint density at radius 1 is 1.41 bits per heavy atom.